The van der Waals surface area contributed by atoms with Crippen molar-refractivity contribution < 1.29 is 80.9 Å². The molecule has 22 nitrogen and oxygen atoms in total. The summed E-state index contributed by atoms with van der Waals surface area (Å²) in [5.41, 5.74) is 13.6. The zero-order valence-corrected chi connectivity index (χ0v) is 43.8. The lowest BCUT2D eigenvalue weighted by Gasteiger charge is -2.12. The Kier molecular flexibility index (Phi) is 43.2. The third-order valence-electron chi connectivity index (χ3n) is 9.83. The Hall–Kier alpha value is -6.37. The van der Waals surface area contributed by atoms with Gasteiger partial charge in [0.05, 0.1) is 64.9 Å². The van der Waals surface area contributed by atoms with E-state index in [4.69, 9.17) is 54.1 Å². The summed E-state index contributed by atoms with van der Waals surface area (Å²) in [6.07, 6.45) is 1.19. The van der Waals surface area contributed by atoms with E-state index < -0.39 is 42.0 Å². The molecule has 0 aromatic heterocycles. The van der Waals surface area contributed by atoms with Crippen molar-refractivity contribution in [3.05, 3.63) is 108 Å². The van der Waals surface area contributed by atoms with Crippen molar-refractivity contribution in [2.45, 2.75) is 84.8 Å². The van der Waals surface area contributed by atoms with E-state index in [-0.39, 0.29) is 64.3 Å². The van der Waals surface area contributed by atoms with E-state index in [1.807, 2.05) is 91.0 Å². The van der Waals surface area contributed by atoms with E-state index >= 15 is 0 Å². The van der Waals surface area contributed by atoms with Crippen LogP contribution in [0.5, 0.6) is 0 Å². The van der Waals surface area contributed by atoms with Crippen LogP contribution in [0.4, 0.5) is 4.79 Å². The van der Waals surface area contributed by atoms with E-state index in [1.165, 1.54) is 0 Å². The molecule has 1 saturated heterocycles. The fourth-order valence-electron chi connectivity index (χ4n) is 5.70. The Bertz CT molecular complexity index is 1890. The molecule has 1 fully saturated rings. The maximum absolute atomic E-state index is 11.9. The molecule has 3 amide bonds. The topological polar surface area (TPSA) is 300 Å². The fraction of sp³-hybridized carbons (Fsp3) is 0.537. The van der Waals surface area contributed by atoms with Crippen LogP contribution in [0, 0.1) is 5.92 Å². The molecule has 7 N–H and O–H groups in total. The number of alkyl carbamates (subject to hydrolysis) is 1. The first kappa shape index (κ1) is 69.6. The normalized spacial score (nSPS) is 12.9. The van der Waals surface area contributed by atoms with Crippen molar-refractivity contribution in [3.8, 4) is 0 Å². The minimum atomic E-state index is -0.944. The Morgan fingerprint density at radius 1 is 0.566 bits per heavy atom. The molecule has 0 bridgehead atoms. The van der Waals surface area contributed by atoms with Gasteiger partial charge in [0.25, 0.3) is 0 Å². The molecule has 3 atom stereocenters. The van der Waals surface area contributed by atoms with Crippen molar-refractivity contribution in [1.29, 1.82) is 0 Å². The van der Waals surface area contributed by atoms with Gasteiger partial charge in [0.1, 0.15) is 25.9 Å². The zero-order chi connectivity index (χ0) is 55.2. The first-order valence-electron chi connectivity index (χ1n) is 24.6. The minimum absolute atomic E-state index is 0. The van der Waals surface area contributed by atoms with Crippen LogP contribution in [0.2, 0.25) is 0 Å². The van der Waals surface area contributed by atoms with Gasteiger partial charge in [0, 0.05) is 60.2 Å². The molecule has 4 rings (SSSR count). The van der Waals surface area contributed by atoms with Gasteiger partial charge in [-0.25, -0.2) is 9.59 Å². The van der Waals surface area contributed by atoms with E-state index in [2.05, 4.69) is 20.7 Å². The van der Waals surface area contributed by atoms with E-state index in [1.54, 1.807) is 28.3 Å². The maximum Gasteiger partial charge on any atom is 0.415 e. The Labute approximate surface area is 447 Å². The number of nitrogens with one attached hydrogen (secondary N) is 3. The van der Waals surface area contributed by atoms with Crippen molar-refractivity contribution in [2.24, 2.45) is 17.4 Å². The van der Waals surface area contributed by atoms with Gasteiger partial charge in [-0.3, -0.25) is 24.0 Å². The first-order chi connectivity index (χ1) is 36.3. The monoisotopic (exact) mass is 1070 g/mol. The van der Waals surface area contributed by atoms with Gasteiger partial charge < -0.3 is 74.8 Å². The Morgan fingerprint density at radius 3 is 1.36 bits per heavy atom. The molecule has 0 spiro atoms. The predicted octanol–water partition coefficient (Wildman–Crippen LogP) is 3.93. The number of hydrogen-bond donors (Lipinski definition) is 5. The summed E-state index contributed by atoms with van der Waals surface area (Å²) >= 11 is 0. The standard InChI is InChI=1S/C18H27NO5.C17H26N2O5.C12H11NO5.C6H15NO2.CH4/c1-15(18(21)19-9-6-10-23-12-11-22-2)13-17(20)24-14-16-7-4-3-5-8-16;1-22-10-11-23-9-5-8-19-17(21)15(18)12-16(20)24-13-14-6-3-2-4-7-14;14-10(6-9-11(15)18-12(16)13-9)17-7-8-4-2-1-3-5-8;1-8-5-6-9-4-2-3-7;/h3-5,7-8,15H,6,9-14H2,1-2H3,(H,19,21);2-4,6-7,15H,5,8-13,18H2,1H3,(H,19,21);1-5,9H,6-7H2,(H,13,16);2-7H2,1H3;1H4. The summed E-state index contributed by atoms with van der Waals surface area (Å²) in [6.45, 7) is 9.29. The highest BCUT2D eigenvalue weighted by molar-refractivity contribution is 5.97. The SMILES string of the molecule is C.COCCOCCCN.COCCOCCCNC(=O)C(C)CC(=O)OCc1ccccc1.COCCOCCCNC(=O)C(N)CC(=O)OCc1ccccc1.O=C(CC1NC(=O)OC1=O)OCc1ccccc1. The van der Waals surface area contributed by atoms with Gasteiger partial charge in [-0.05, 0) is 42.5 Å². The molecule has 76 heavy (non-hydrogen) atoms. The molecule has 1 aliphatic rings. The number of benzene rings is 3. The van der Waals surface area contributed by atoms with Crippen molar-refractivity contribution in [3.63, 3.8) is 0 Å². The number of esters is 4. The second-order valence-electron chi connectivity index (χ2n) is 16.2. The molecule has 426 valence electrons. The van der Waals surface area contributed by atoms with E-state index in [0.717, 1.165) is 36.1 Å². The third kappa shape index (κ3) is 38.2. The third-order valence-corrected chi connectivity index (χ3v) is 9.83. The molecule has 0 aliphatic carbocycles. The Balaban J connectivity index is 0.00000103. The smallest absolute Gasteiger partial charge is 0.415 e. The summed E-state index contributed by atoms with van der Waals surface area (Å²) in [6, 6.07) is 26.1. The summed E-state index contributed by atoms with van der Waals surface area (Å²) < 4.78 is 49.7. The van der Waals surface area contributed by atoms with Crippen molar-refractivity contribution >= 4 is 41.8 Å². The molecular formula is C54H83N5O17. The number of rotatable bonds is 34. The summed E-state index contributed by atoms with van der Waals surface area (Å²) in [5.74, 6) is -3.12. The number of methoxy groups -OCH3 is 3. The molecule has 0 saturated carbocycles. The number of nitrogens with two attached hydrogens (primary N) is 2. The maximum atomic E-state index is 11.9. The van der Waals surface area contributed by atoms with Gasteiger partial charge in [0.2, 0.25) is 11.8 Å². The summed E-state index contributed by atoms with van der Waals surface area (Å²) in [7, 11) is 4.89. The van der Waals surface area contributed by atoms with Crippen LogP contribution < -0.4 is 27.4 Å². The molecule has 3 aromatic rings. The average Bonchev–Trinajstić information content (AvgIpc) is 3.74. The number of carbonyl (C=O) groups is 7. The molecule has 0 radical (unpaired) electrons. The summed E-state index contributed by atoms with van der Waals surface area (Å²) in [5, 5.41) is 7.69. The first-order valence-corrected chi connectivity index (χ1v) is 24.6. The second kappa shape index (κ2) is 47.1. The molecule has 3 unspecified atom stereocenters. The van der Waals surface area contributed by atoms with Crippen molar-refractivity contribution in [1.82, 2.24) is 16.0 Å². The van der Waals surface area contributed by atoms with Crippen LogP contribution in [0.1, 0.15) is 69.6 Å². The number of cyclic esters (lactones) is 2. The lowest BCUT2D eigenvalue weighted by atomic mass is 10.1. The number of amides is 3. The quantitative estimate of drug-likeness (QED) is 0.0245. The lowest BCUT2D eigenvalue weighted by Crippen LogP contribution is -2.42. The van der Waals surface area contributed by atoms with Crippen LogP contribution in [0.15, 0.2) is 91.0 Å². The zero-order valence-electron chi connectivity index (χ0n) is 43.8. The van der Waals surface area contributed by atoms with Crippen LogP contribution in [-0.2, 0) is 96.0 Å². The summed E-state index contributed by atoms with van der Waals surface area (Å²) in [4.78, 5) is 80.4. The molecule has 22 heteroatoms. The number of hydrogen-bond acceptors (Lipinski definition) is 19. The van der Waals surface area contributed by atoms with E-state index in [9.17, 15) is 33.6 Å². The highest BCUT2D eigenvalue weighted by Crippen LogP contribution is 2.09. The molecular weight excluding hydrogens is 991 g/mol. The van der Waals surface area contributed by atoms with Crippen LogP contribution in [0.3, 0.4) is 0 Å². The van der Waals surface area contributed by atoms with Gasteiger partial charge >= 0.3 is 30.0 Å². The molecule has 1 aliphatic heterocycles. The second-order valence-corrected chi connectivity index (χ2v) is 16.2. The average molecular weight is 1070 g/mol. The Morgan fingerprint density at radius 2 is 0.961 bits per heavy atom. The largest absolute Gasteiger partial charge is 0.461 e. The highest BCUT2D eigenvalue weighted by Gasteiger charge is 2.34. The minimum Gasteiger partial charge on any atom is -0.461 e. The highest BCUT2D eigenvalue weighted by atomic mass is 16.6. The van der Waals surface area contributed by atoms with Gasteiger partial charge in [0.15, 0.2) is 0 Å². The van der Waals surface area contributed by atoms with Crippen LogP contribution in [0.25, 0.3) is 0 Å². The fourth-order valence-corrected chi connectivity index (χ4v) is 5.70. The van der Waals surface area contributed by atoms with Gasteiger partial charge in [-0.15, -0.1) is 0 Å². The van der Waals surface area contributed by atoms with Crippen molar-refractivity contribution in [2.75, 3.05) is 100 Å². The van der Waals surface area contributed by atoms with Gasteiger partial charge in [-0.2, -0.15) is 0 Å². The molecule has 3 aromatic carbocycles. The van der Waals surface area contributed by atoms with Gasteiger partial charge in [-0.1, -0.05) is 105 Å². The number of carbonyl (C=O) groups excluding carboxylic acids is 7. The molecule has 1 heterocycles. The number of ether oxygens (including phenoxy) is 10. The predicted molar refractivity (Wildman–Crippen MR) is 282 cm³/mol. The van der Waals surface area contributed by atoms with E-state index in [0.29, 0.717) is 78.9 Å². The van der Waals surface area contributed by atoms with Crippen LogP contribution in [-0.4, -0.2) is 154 Å². The van der Waals surface area contributed by atoms with Crippen LogP contribution >= 0.6 is 0 Å². The lowest BCUT2D eigenvalue weighted by molar-refractivity contribution is -0.148.